The van der Waals surface area contributed by atoms with Crippen molar-refractivity contribution < 1.29 is 0 Å². The van der Waals surface area contributed by atoms with Crippen molar-refractivity contribution in [2.45, 2.75) is 19.8 Å². The number of aryl methyl sites for hydroxylation is 2. The highest BCUT2D eigenvalue weighted by atomic mass is 14.6. The monoisotopic (exact) mass is 221 g/mol. The van der Waals surface area contributed by atoms with Gasteiger partial charge in [0.25, 0.3) is 0 Å². The number of allylic oxidation sites excluding steroid dienone is 1. The Hall–Kier alpha value is -1.89. The number of hydrogen-bond donors (Lipinski definition) is 0. The van der Waals surface area contributed by atoms with E-state index in [1.165, 1.54) is 34.2 Å². The van der Waals surface area contributed by atoms with Crippen LogP contribution >= 0.6 is 0 Å². The average molecular weight is 221 g/mol. The van der Waals surface area contributed by atoms with Crippen LogP contribution < -0.4 is 0 Å². The highest BCUT2D eigenvalue weighted by Crippen LogP contribution is 2.34. The molecule has 0 N–H and O–H groups in total. The summed E-state index contributed by atoms with van der Waals surface area (Å²) in [6, 6.07) is 10.9. The molecule has 1 aromatic heterocycles. The zero-order valence-electron chi connectivity index (χ0n) is 9.98. The lowest BCUT2D eigenvalue weighted by Crippen LogP contribution is -1.83. The van der Waals surface area contributed by atoms with Gasteiger partial charge in [0.05, 0.1) is 0 Å². The van der Waals surface area contributed by atoms with Crippen molar-refractivity contribution in [2.75, 3.05) is 0 Å². The van der Waals surface area contributed by atoms with Crippen molar-refractivity contribution in [3.05, 3.63) is 65.0 Å². The molecule has 0 saturated heterocycles. The SMILES string of the molecule is Cc1ccc2c(c1)/C(=C/c1ccncc1)CC2. The van der Waals surface area contributed by atoms with Gasteiger partial charge in [-0.3, -0.25) is 4.98 Å². The molecule has 0 bridgehead atoms. The van der Waals surface area contributed by atoms with E-state index < -0.39 is 0 Å². The Bertz CT molecular complexity index is 567. The van der Waals surface area contributed by atoms with Gasteiger partial charge >= 0.3 is 0 Å². The molecule has 1 aliphatic carbocycles. The Morgan fingerprint density at radius 2 is 1.88 bits per heavy atom. The first-order chi connectivity index (χ1) is 8.33. The first kappa shape index (κ1) is 10.3. The van der Waals surface area contributed by atoms with E-state index in [-0.39, 0.29) is 0 Å². The van der Waals surface area contributed by atoms with Gasteiger partial charge in [-0.15, -0.1) is 0 Å². The van der Waals surface area contributed by atoms with E-state index >= 15 is 0 Å². The number of hydrogen-bond acceptors (Lipinski definition) is 1. The normalized spacial score (nSPS) is 16.2. The molecular weight excluding hydrogens is 206 g/mol. The zero-order valence-corrected chi connectivity index (χ0v) is 9.98. The van der Waals surface area contributed by atoms with Gasteiger partial charge in [0, 0.05) is 12.4 Å². The van der Waals surface area contributed by atoms with Crippen molar-refractivity contribution in [1.29, 1.82) is 0 Å². The molecule has 17 heavy (non-hydrogen) atoms. The highest BCUT2D eigenvalue weighted by molar-refractivity contribution is 5.85. The molecular formula is C16H15N. The van der Waals surface area contributed by atoms with Crippen LogP contribution in [0.15, 0.2) is 42.7 Å². The fraction of sp³-hybridized carbons (Fsp3) is 0.188. The fourth-order valence-electron chi connectivity index (χ4n) is 2.42. The number of pyridine rings is 1. The fourth-order valence-corrected chi connectivity index (χ4v) is 2.42. The standard InChI is InChI=1S/C16H15N/c1-12-2-3-14-4-5-15(16(14)10-12)11-13-6-8-17-9-7-13/h2-3,6-11H,4-5H2,1H3/b15-11+. The second-order valence-electron chi connectivity index (χ2n) is 4.61. The van der Waals surface area contributed by atoms with E-state index in [1.54, 1.807) is 0 Å². The summed E-state index contributed by atoms with van der Waals surface area (Å²) in [4.78, 5) is 4.05. The van der Waals surface area contributed by atoms with Gasteiger partial charge in [0.15, 0.2) is 0 Å². The molecule has 0 spiro atoms. The molecule has 0 aliphatic heterocycles. The lowest BCUT2D eigenvalue weighted by atomic mass is 10.0. The number of nitrogens with zero attached hydrogens (tertiary/aromatic N) is 1. The Labute approximate surface area is 102 Å². The van der Waals surface area contributed by atoms with Crippen molar-refractivity contribution in [3.63, 3.8) is 0 Å². The van der Waals surface area contributed by atoms with Crippen molar-refractivity contribution in [3.8, 4) is 0 Å². The summed E-state index contributed by atoms with van der Waals surface area (Å²) in [5.41, 5.74) is 6.95. The minimum atomic E-state index is 1.15. The van der Waals surface area contributed by atoms with Gasteiger partial charge in [0.2, 0.25) is 0 Å². The molecule has 0 amide bonds. The number of benzene rings is 1. The molecule has 1 aliphatic rings. The Morgan fingerprint density at radius 3 is 2.71 bits per heavy atom. The van der Waals surface area contributed by atoms with Crippen molar-refractivity contribution >= 4 is 11.6 Å². The summed E-state index contributed by atoms with van der Waals surface area (Å²) >= 11 is 0. The second kappa shape index (κ2) is 4.17. The van der Waals surface area contributed by atoms with Crippen LogP contribution in [0.4, 0.5) is 0 Å². The summed E-state index contributed by atoms with van der Waals surface area (Å²) in [5, 5.41) is 0. The first-order valence-electron chi connectivity index (χ1n) is 6.03. The van der Waals surface area contributed by atoms with Crippen molar-refractivity contribution in [1.82, 2.24) is 4.98 Å². The molecule has 2 aromatic rings. The Kier molecular flexibility index (Phi) is 2.52. The third-order valence-electron chi connectivity index (χ3n) is 3.32. The quantitative estimate of drug-likeness (QED) is 0.712. The van der Waals surface area contributed by atoms with Crippen LogP contribution in [0.5, 0.6) is 0 Å². The van der Waals surface area contributed by atoms with E-state index in [0.29, 0.717) is 0 Å². The summed E-state index contributed by atoms with van der Waals surface area (Å²) in [7, 11) is 0. The molecule has 3 rings (SSSR count). The van der Waals surface area contributed by atoms with Gasteiger partial charge in [-0.1, -0.05) is 29.8 Å². The van der Waals surface area contributed by atoms with Gasteiger partial charge < -0.3 is 0 Å². The molecule has 0 fully saturated rings. The van der Waals surface area contributed by atoms with Gasteiger partial charge in [0.1, 0.15) is 0 Å². The predicted octanol–water partition coefficient (Wildman–Crippen LogP) is 3.88. The van der Waals surface area contributed by atoms with E-state index in [2.05, 4.69) is 48.3 Å². The van der Waals surface area contributed by atoms with Crippen LogP contribution in [0.2, 0.25) is 0 Å². The van der Waals surface area contributed by atoms with Gasteiger partial charge in [-0.2, -0.15) is 0 Å². The predicted molar refractivity (Wildman–Crippen MR) is 71.6 cm³/mol. The van der Waals surface area contributed by atoms with Gasteiger partial charge in [-0.05, 0) is 54.2 Å². The summed E-state index contributed by atoms with van der Waals surface area (Å²) in [6.07, 6.45) is 8.30. The summed E-state index contributed by atoms with van der Waals surface area (Å²) in [6.45, 7) is 2.16. The molecule has 1 heteroatoms. The maximum Gasteiger partial charge on any atom is 0.0273 e. The molecule has 0 saturated carbocycles. The van der Waals surface area contributed by atoms with Crippen LogP contribution in [0.1, 0.15) is 28.7 Å². The summed E-state index contributed by atoms with van der Waals surface area (Å²) < 4.78 is 0. The van der Waals surface area contributed by atoms with E-state index in [1.807, 2.05) is 12.4 Å². The van der Waals surface area contributed by atoms with E-state index in [0.717, 1.165) is 6.42 Å². The molecule has 84 valence electrons. The highest BCUT2D eigenvalue weighted by Gasteiger charge is 2.15. The molecule has 0 radical (unpaired) electrons. The van der Waals surface area contributed by atoms with E-state index in [4.69, 9.17) is 0 Å². The molecule has 1 nitrogen and oxygen atoms in total. The molecule has 1 heterocycles. The molecule has 0 unspecified atom stereocenters. The first-order valence-corrected chi connectivity index (χ1v) is 6.03. The Balaban J connectivity index is 2.04. The lowest BCUT2D eigenvalue weighted by molar-refractivity contribution is 1.08. The summed E-state index contributed by atoms with van der Waals surface area (Å²) in [5.74, 6) is 0. The lowest BCUT2D eigenvalue weighted by Gasteiger charge is -2.03. The number of aromatic nitrogens is 1. The smallest absolute Gasteiger partial charge is 0.0273 e. The van der Waals surface area contributed by atoms with Crippen LogP contribution in [0.3, 0.4) is 0 Å². The minimum Gasteiger partial charge on any atom is -0.265 e. The van der Waals surface area contributed by atoms with Crippen LogP contribution in [-0.4, -0.2) is 4.98 Å². The number of rotatable bonds is 1. The maximum atomic E-state index is 4.05. The van der Waals surface area contributed by atoms with Crippen LogP contribution in [0, 0.1) is 6.92 Å². The topological polar surface area (TPSA) is 12.9 Å². The average Bonchev–Trinajstić information content (AvgIpc) is 2.73. The van der Waals surface area contributed by atoms with Crippen LogP contribution in [-0.2, 0) is 6.42 Å². The molecule has 1 aromatic carbocycles. The maximum absolute atomic E-state index is 4.05. The minimum absolute atomic E-state index is 1.15. The van der Waals surface area contributed by atoms with Crippen LogP contribution in [0.25, 0.3) is 11.6 Å². The third-order valence-corrected chi connectivity index (χ3v) is 3.32. The zero-order chi connectivity index (χ0) is 11.7. The van der Waals surface area contributed by atoms with E-state index in [9.17, 15) is 0 Å². The van der Waals surface area contributed by atoms with Gasteiger partial charge in [-0.25, -0.2) is 0 Å². The Morgan fingerprint density at radius 1 is 1.06 bits per heavy atom. The third kappa shape index (κ3) is 2.01. The number of fused-ring (bicyclic) bond motifs is 1. The van der Waals surface area contributed by atoms with Crippen molar-refractivity contribution in [2.24, 2.45) is 0 Å². The largest absolute Gasteiger partial charge is 0.265 e. The second-order valence-corrected chi connectivity index (χ2v) is 4.61. The molecule has 0 atom stereocenters.